The van der Waals surface area contributed by atoms with Crippen molar-refractivity contribution in [2.45, 2.75) is 58.0 Å². The van der Waals surface area contributed by atoms with Crippen LogP contribution in [-0.4, -0.2) is 34.3 Å². The second-order valence-electron chi connectivity index (χ2n) is 6.48. The summed E-state index contributed by atoms with van der Waals surface area (Å²) in [6.07, 6.45) is 5.24. The van der Waals surface area contributed by atoms with Gasteiger partial charge in [-0.15, -0.1) is 0 Å². The summed E-state index contributed by atoms with van der Waals surface area (Å²) in [4.78, 5) is 9.43. The molecule has 0 atom stereocenters. The number of anilines is 2. The number of hydrogen-bond acceptors (Lipinski definition) is 5. The molecule has 0 spiro atoms. The average Bonchev–Trinajstić information content (AvgIpc) is 3.27. The zero-order valence-electron chi connectivity index (χ0n) is 13.0. The second-order valence-corrected chi connectivity index (χ2v) is 6.48. The smallest absolute Gasteiger partial charge is 0.136 e. The summed E-state index contributed by atoms with van der Waals surface area (Å²) in [5, 5.41) is 16.3. The lowest BCUT2D eigenvalue weighted by atomic mass is 9.82. The molecule has 0 unspecified atom stereocenters. The van der Waals surface area contributed by atoms with Gasteiger partial charge in [-0.1, -0.05) is 6.92 Å². The summed E-state index contributed by atoms with van der Waals surface area (Å²) in [6.45, 7) is 6.07. The molecule has 116 valence electrons. The monoisotopic (exact) mass is 290 g/mol. The molecule has 1 heterocycles. The molecule has 2 aliphatic rings. The molecule has 21 heavy (non-hydrogen) atoms. The highest BCUT2D eigenvalue weighted by atomic mass is 16.3. The molecule has 2 fully saturated rings. The zero-order chi connectivity index (χ0) is 14.8. The van der Waals surface area contributed by atoms with Crippen molar-refractivity contribution < 1.29 is 5.11 Å². The van der Waals surface area contributed by atoms with Gasteiger partial charge in [0, 0.05) is 24.6 Å². The van der Waals surface area contributed by atoms with Crippen LogP contribution in [0.15, 0.2) is 0 Å². The van der Waals surface area contributed by atoms with Crippen LogP contribution in [0.25, 0.3) is 0 Å². The zero-order valence-corrected chi connectivity index (χ0v) is 13.0. The highest BCUT2D eigenvalue weighted by Crippen LogP contribution is 2.39. The van der Waals surface area contributed by atoms with E-state index in [1.807, 2.05) is 0 Å². The first-order valence-corrected chi connectivity index (χ1v) is 8.21. The van der Waals surface area contributed by atoms with E-state index < -0.39 is 0 Å². The second kappa shape index (κ2) is 6.18. The number of aromatic nitrogens is 2. The third-order valence-electron chi connectivity index (χ3n) is 4.42. The third kappa shape index (κ3) is 3.46. The van der Waals surface area contributed by atoms with Crippen LogP contribution in [0.4, 0.5) is 11.6 Å². The van der Waals surface area contributed by atoms with Crippen molar-refractivity contribution in [3.8, 4) is 0 Å². The quantitative estimate of drug-likeness (QED) is 0.720. The van der Waals surface area contributed by atoms with Crippen molar-refractivity contribution in [3.63, 3.8) is 0 Å². The Morgan fingerprint density at radius 3 is 2.38 bits per heavy atom. The van der Waals surface area contributed by atoms with Crippen molar-refractivity contribution in [1.29, 1.82) is 0 Å². The van der Waals surface area contributed by atoms with E-state index in [1.165, 1.54) is 12.8 Å². The summed E-state index contributed by atoms with van der Waals surface area (Å²) >= 11 is 0. The van der Waals surface area contributed by atoms with E-state index in [4.69, 9.17) is 9.97 Å². The molecule has 1 aromatic heterocycles. The van der Waals surface area contributed by atoms with E-state index in [1.54, 1.807) is 0 Å². The molecule has 2 aliphatic carbocycles. The van der Waals surface area contributed by atoms with Gasteiger partial charge in [-0.2, -0.15) is 0 Å². The fourth-order valence-electron chi connectivity index (χ4n) is 2.75. The lowest BCUT2D eigenvalue weighted by molar-refractivity contribution is 0.0486. The van der Waals surface area contributed by atoms with Crippen LogP contribution in [0.5, 0.6) is 0 Å². The first-order valence-electron chi connectivity index (χ1n) is 8.21. The minimum absolute atomic E-state index is 0.0906. The van der Waals surface area contributed by atoms with Crippen LogP contribution < -0.4 is 10.6 Å². The number of rotatable bonds is 7. The molecule has 1 aromatic rings. The van der Waals surface area contributed by atoms with Crippen LogP contribution in [0.2, 0.25) is 0 Å². The third-order valence-corrected chi connectivity index (χ3v) is 4.42. The predicted molar refractivity (Wildman–Crippen MR) is 84.7 cm³/mol. The number of nitrogens with one attached hydrogen (secondary N) is 2. The van der Waals surface area contributed by atoms with Crippen molar-refractivity contribution in [2.24, 2.45) is 5.92 Å². The molecule has 3 N–H and O–H groups in total. The number of aliphatic hydroxyl groups is 1. The van der Waals surface area contributed by atoms with Crippen molar-refractivity contribution in [2.75, 3.05) is 23.7 Å². The number of aliphatic hydroxyl groups excluding tert-OH is 1. The fourth-order valence-corrected chi connectivity index (χ4v) is 2.75. The molecule has 0 radical (unpaired) electrons. The number of nitrogens with zero attached hydrogens (tertiary/aromatic N) is 2. The van der Waals surface area contributed by atoms with Gasteiger partial charge in [0.25, 0.3) is 0 Å². The minimum Gasteiger partial charge on any atom is -0.393 e. The van der Waals surface area contributed by atoms with Gasteiger partial charge in [0.15, 0.2) is 0 Å². The van der Waals surface area contributed by atoms with Crippen LogP contribution in [0.1, 0.15) is 56.3 Å². The summed E-state index contributed by atoms with van der Waals surface area (Å²) in [6, 6.07) is 0. The minimum atomic E-state index is -0.0906. The molecule has 5 nitrogen and oxygen atoms in total. The number of hydrogen-bond donors (Lipinski definition) is 3. The fraction of sp³-hybridized carbons (Fsp3) is 0.750. The predicted octanol–water partition coefficient (Wildman–Crippen LogP) is 2.67. The topological polar surface area (TPSA) is 70.1 Å². The summed E-state index contributed by atoms with van der Waals surface area (Å²) in [7, 11) is 0. The summed E-state index contributed by atoms with van der Waals surface area (Å²) < 4.78 is 0. The van der Waals surface area contributed by atoms with Gasteiger partial charge >= 0.3 is 0 Å². The van der Waals surface area contributed by atoms with Crippen LogP contribution >= 0.6 is 0 Å². The molecule has 2 saturated carbocycles. The summed E-state index contributed by atoms with van der Waals surface area (Å²) in [5.74, 6) is 4.05. The Morgan fingerprint density at radius 2 is 1.81 bits per heavy atom. The first-order chi connectivity index (χ1) is 10.2. The van der Waals surface area contributed by atoms with Crippen molar-refractivity contribution >= 4 is 11.6 Å². The molecule has 0 aliphatic heterocycles. The van der Waals surface area contributed by atoms with E-state index in [0.29, 0.717) is 11.8 Å². The molecule has 5 heteroatoms. The van der Waals surface area contributed by atoms with E-state index in [0.717, 1.165) is 55.4 Å². The van der Waals surface area contributed by atoms with E-state index in [9.17, 15) is 5.11 Å². The van der Waals surface area contributed by atoms with Gasteiger partial charge < -0.3 is 15.7 Å². The lowest BCUT2D eigenvalue weighted by Gasteiger charge is -2.31. The lowest BCUT2D eigenvalue weighted by Crippen LogP contribution is -2.33. The maximum absolute atomic E-state index is 9.37. The Morgan fingerprint density at radius 1 is 1.14 bits per heavy atom. The largest absolute Gasteiger partial charge is 0.393 e. The van der Waals surface area contributed by atoms with E-state index in [2.05, 4.69) is 24.5 Å². The summed E-state index contributed by atoms with van der Waals surface area (Å²) in [5.41, 5.74) is 1.10. The van der Waals surface area contributed by atoms with Gasteiger partial charge in [-0.3, -0.25) is 0 Å². The van der Waals surface area contributed by atoms with Gasteiger partial charge in [0.1, 0.15) is 17.5 Å². The van der Waals surface area contributed by atoms with Gasteiger partial charge in [-0.05, 0) is 44.9 Å². The SMILES string of the molecule is CCCNc1nc(C2CC2)nc(NCC2CC(O)C2)c1C. The molecular formula is C16H26N4O. The molecule has 0 saturated heterocycles. The molecule has 3 rings (SSSR count). The van der Waals surface area contributed by atoms with Gasteiger partial charge in [-0.25, -0.2) is 9.97 Å². The molecule has 0 aromatic carbocycles. The maximum Gasteiger partial charge on any atom is 0.136 e. The standard InChI is InChI=1S/C16H26N4O/c1-3-6-17-14-10(2)15(18-9-11-7-13(21)8-11)20-16(19-14)12-4-5-12/h11-13,21H,3-9H2,1-2H3,(H2,17,18,19,20). The van der Waals surface area contributed by atoms with E-state index in [-0.39, 0.29) is 6.10 Å². The average molecular weight is 290 g/mol. The highest BCUT2D eigenvalue weighted by molar-refractivity contribution is 5.57. The Kier molecular flexibility index (Phi) is 4.29. The molecule has 0 amide bonds. The van der Waals surface area contributed by atoms with Crippen molar-refractivity contribution in [1.82, 2.24) is 9.97 Å². The maximum atomic E-state index is 9.37. The highest BCUT2D eigenvalue weighted by Gasteiger charge is 2.29. The van der Waals surface area contributed by atoms with Crippen molar-refractivity contribution in [3.05, 3.63) is 11.4 Å². The molecular weight excluding hydrogens is 264 g/mol. The Balaban J connectivity index is 1.71. The van der Waals surface area contributed by atoms with Gasteiger partial charge in [0.2, 0.25) is 0 Å². The van der Waals surface area contributed by atoms with Crippen LogP contribution in [-0.2, 0) is 0 Å². The van der Waals surface area contributed by atoms with Crippen LogP contribution in [0, 0.1) is 12.8 Å². The Hall–Kier alpha value is -1.36. The Bertz CT molecular complexity index is 495. The Labute approximate surface area is 126 Å². The first kappa shape index (κ1) is 14.6. The van der Waals surface area contributed by atoms with Gasteiger partial charge in [0.05, 0.1) is 6.10 Å². The van der Waals surface area contributed by atoms with E-state index >= 15 is 0 Å². The normalized spacial score (nSPS) is 24.5. The molecule has 0 bridgehead atoms. The van der Waals surface area contributed by atoms with Crippen LogP contribution in [0.3, 0.4) is 0 Å².